The molecule has 1 aromatic heterocycles. The second-order valence-electron chi connectivity index (χ2n) is 7.15. The highest BCUT2D eigenvalue weighted by Crippen LogP contribution is 2.34. The number of benzene rings is 3. The molecule has 0 aliphatic carbocycles. The molecule has 0 aliphatic heterocycles. The predicted molar refractivity (Wildman–Crippen MR) is 124 cm³/mol. The van der Waals surface area contributed by atoms with Crippen molar-refractivity contribution < 1.29 is 27.1 Å². The molecule has 4 aromatic rings. The Labute approximate surface area is 200 Å². The lowest BCUT2D eigenvalue weighted by atomic mass is 10.1. The van der Waals surface area contributed by atoms with Crippen LogP contribution in [0.15, 0.2) is 82.3 Å². The molecule has 0 aliphatic rings. The number of nitrogens with one attached hydrogen (secondary N) is 1. The average molecular weight is 500 g/mol. The molecule has 3 aromatic carbocycles. The summed E-state index contributed by atoms with van der Waals surface area (Å²) in [5, 5.41) is 12.8. The molecule has 0 saturated heterocycles. The molecule has 1 heterocycles. The number of ether oxygens (including phenoxy) is 1. The van der Waals surface area contributed by atoms with E-state index in [0.29, 0.717) is 22.1 Å². The monoisotopic (exact) mass is 500 g/mol. The van der Waals surface area contributed by atoms with Gasteiger partial charge in [0.2, 0.25) is 0 Å². The van der Waals surface area contributed by atoms with E-state index >= 15 is 0 Å². The Morgan fingerprint density at radius 2 is 1.83 bits per heavy atom. The number of alkyl halides is 3. The molecule has 0 fully saturated rings. The molecular formula is C24H16F4N4O2S. The fraction of sp³-hybridized carbons (Fsp3) is 0.0833. The molecule has 0 radical (unpaired) electrons. The molecular weight excluding hydrogens is 484 g/mol. The van der Waals surface area contributed by atoms with Crippen LogP contribution in [0.4, 0.5) is 39.8 Å². The summed E-state index contributed by atoms with van der Waals surface area (Å²) in [4.78, 5) is 16.0. The molecule has 35 heavy (non-hydrogen) atoms. The predicted octanol–water partition coefficient (Wildman–Crippen LogP) is 7.91. The fourth-order valence-electron chi connectivity index (χ4n) is 3.03. The third-order valence-electron chi connectivity index (χ3n) is 4.73. The van der Waals surface area contributed by atoms with Gasteiger partial charge in [0.15, 0.2) is 10.9 Å². The number of hydrogen-bond acceptors (Lipinski definition) is 7. The molecule has 11 heteroatoms. The van der Waals surface area contributed by atoms with Crippen molar-refractivity contribution in [3.8, 4) is 11.3 Å². The van der Waals surface area contributed by atoms with Crippen LogP contribution in [0.1, 0.15) is 15.9 Å². The standard InChI is InChI=1S/C24H16F4N4O2S/c1-34-22(33)15-4-2-7-18(10-15)31-32-20-11-14(8-9-19(20)25)21-13-35-23(30-21)29-17-6-3-5-16(12-17)24(26,27)28/h2-13H,1H3,(H,29,30). The minimum Gasteiger partial charge on any atom is -0.465 e. The maximum atomic E-state index is 14.3. The van der Waals surface area contributed by atoms with Crippen LogP contribution in [-0.2, 0) is 10.9 Å². The highest BCUT2D eigenvalue weighted by atomic mass is 32.1. The lowest BCUT2D eigenvalue weighted by Gasteiger charge is -2.09. The minimum atomic E-state index is -4.45. The zero-order chi connectivity index (χ0) is 25.0. The number of carbonyl (C=O) groups is 1. The van der Waals surface area contributed by atoms with Crippen LogP contribution >= 0.6 is 11.3 Å². The van der Waals surface area contributed by atoms with E-state index in [1.807, 2.05) is 0 Å². The van der Waals surface area contributed by atoms with E-state index in [2.05, 4.69) is 25.3 Å². The van der Waals surface area contributed by atoms with E-state index in [-0.39, 0.29) is 16.9 Å². The van der Waals surface area contributed by atoms with Crippen LogP contribution in [0.5, 0.6) is 0 Å². The van der Waals surface area contributed by atoms with Gasteiger partial charge in [-0.3, -0.25) is 0 Å². The number of carbonyl (C=O) groups excluding carboxylic acids is 1. The van der Waals surface area contributed by atoms with Gasteiger partial charge in [-0.2, -0.15) is 18.3 Å². The lowest BCUT2D eigenvalue weighted by molar-refractivity contribution is -0.137. The summed E-state index contributed by atoms with van der Waals surface area (Å²) in [6.07, 6.45) is -4.45. The maximum Gasteiger partial charge on any atom is 0.416 e. The van der Waals surface area contributed by atoms with Crippen molar-refractivity contribution in [3.05, 3.63) is 89.1 Å². The molecule has 0 amide bonds. The van der Waals surface area contributed by atoms with Crippen molar-refractivity contribution in [3.63, 3.8) is 0 Å². The normalized spacial score (nSPS) is 11.6. The summed E-state index contributed by atoms with van der Waals surface area (Å²) in [6.45, 7) is 0. The number of thiazole rings is 1. The van der Waals surface area contributed by atoms with Crippen molar-refractivity contribution >= 4 is 39.5 Å². The van der Waals surface area contributed by atoms with E-state index in [9.17, 15) is 22.4 Å². The number of anilines is 2. The Bertz CT molecular complexity index is 1400. The molecule has 0 bridgehead atoms. The SMILES string of the molecule is COC(=O)c1cccc(N=Nc2cc(-c3csc(Nc4cccc(C(F)(F)F)c4)n3)ccc2F)c1. The molecule has 0 unspecified atom stereocenters. The van der Waals surface area contributed by atoms with E-state index < -0.39 is 23.5 Å². The van der Waals surface area contributed by atoms with Gasteiger partial charge < -0.3 is 10.1 Å². The maximum absolute atomic E-state index is 14.3. The smallest absolute Gasteiger partial charge is 0.416 e. The first-order valence-corrected chi connectivity index (χ1v) is 10.9. The highest BCUT2D eigenvalue weighted by Gasteiger charge is 2.30. The molecule has 0 spiro atoms. The number of azo groups is 1. The second-order valence-corrected chi connectivity index (χ2v) is 8.01. The molecule has 178 valence electrons. The third-order valence-corrected chi connectivity index (χ3v) is 5.49. The van der Waals surface area contributed by atoms with Crippen LogP contribution < -0.4 is 5.32 Å². The summed E-state index contributed by atoms with van der Waals surface area (Å²) < 4.78 is 57.8. The first-order chi connectivity index (χ1) is 16.7. The number of rotatable bonds is 6. The average Bonchev–Trinajstić information content (AvgIpc) is 3.31. The van der Waals surface area contributed by atoms with Crippen molar-refractivity contribution in [1.29, 1.82) is 0 Å². The van der Waals surface area contributed by atoms with Crippen LogP contribution in [-0.4, -0.2) is 18.1 Å². The number of hydrogen-bond donors (Lipinski definition) is 1. The van der Waals surface area contributed by atoms with Gasteiger partial charge in [0.25, 0.3) is 0 Å². The largest absolute Gasteiger partial charge is 0.465 e. The Hall–Kier alpha value is -4.12. The summed E-state index contributed by atoms with van der Waals surface area (Å²) in [5.74, 6) is -1.15. The lowest BCUT2D eigenvalue weighted by Crippen LogP contribution is -2.05. The zero-order valence-corrected chi connectivity index (χ0v) is 18.8. The van der Waals surface area contributed by atoms with Crippen molar-refractivity contribution in [2.75, 3.05) is 12.4 Å². The van der Waals surface area contributed by atoms with Gasteiger partial charge in [0.1, 0.15) is 5.69 Å². The minimum absolute atomic E-state index is 0.0497. The van der Waals surface area contributed by atoms with Crippen molar-refractivity contribution in [2.45, 2.75) is 6.18 Å². The summed E-state index contributed by atoms with van der Waals surface area (Å²) in [5.41, 5.74) is 1.05. The van der Waals surface area contributed by atoms with Crippen LogP contribution in [0.2, 0.25) is 0 Å². The van der Waals surface area contributed by atoms with Crippen LogP contribution in [0.3, 0.4) is 0 Å². The van der Waals surface area contributed by atoms with Gasteiger partial charge in [-0.15, -0.1) is 16.5 Å². The van der Waals surface area contributed by atoms with E-state index in [0.717, 1.165) is 12.1 Å². The van der Waals surface area contributed by atoms with Gasteiger partial charge in [-0.1, -0.05) is 12.1 Å². The molecule has 1 N–H and O–H groups in total. The Kier molecular flexibility index (Phi) is 6.87. The topological polar surface area (TPSA) is 75.9 Å². The van der Waals surface area contributed by atoms with E-state index in [1.54, 1.807) is 23.6 Å². The molecule has 4 rings (SSSR count). The number of methoxy groups -OCH3 is 1. The Balaban J connectivity index is 1.54. The Morgan fingerprint density at radius 1 is 1.03 bits per heavy atom. The molecule has 6 nitrogen and oxygen atoms in total. The molecule has 0 atom stereocenters. The highest BCUT2D eigenvalue weighted by molar-refractivity contribution is 7.14. The van der Waals surface area contributed by atoms with Gasteiger partial charge >= 0.3 is 12.1 Å². The van der Waals surface area contributed by atoms with Crippen LogP contribution in [0, 0.1) is 5.82 Å². The first-order valence-electron chi connectivity index (χ1n) is 10.0. The van der Waals surface area contributed by atoms with Crippen LogP contribution in [0.25, 0.3) is 11.3 Å². The first kappa shape index (κ1) is 24.0. The summed E-state index contributed by atoms with van der Waals surface area (Å²) in [6, 6.07) is 15.2. The molecule has 0 saturated carbocycles. The van der Waals surface area contributed by atoms with E-state index in [4.69, 9.17) is 0 Å². The number of aromatic nitrogens is 1. The number of esters is 1. The number of nitrogens with zero attached hydrogens (tertiary/aromatic N) is 3. The van der Waals surface area contributed by atoms with Gasteiger partial charge in [-0.25, -0.2) is 14.2 Å². The zero-order valence-electron chi connectivity index (χ0n) is 18.0. The van der Waals surface area contributed by atoms with E-state index in [1.165, 1.54) is 54.8 Å². The van der Waals surface area contributed by atoms with Gasteiger partial charge in [0.05, 0.1) is 29.6 Å². The fourth-order valence-corrected chi connectivity index (χ4v) is 3.77. The third kappa shape index (κ3) is 5.87. The van der Waals surface area contributed by atoms with Gasteiger partial charge in [0, 0.05) is 16.6 Å². The number of halogens is 4. The van der Waals surface area contributed by atoms with Gasteiger partial charge in [-0.05, 0) is 54.6 Å². The summed E-state index contributed by atoms with van der Waals surface area (Å²) >= 11 is 1.18. The van der Waals surface area contributed by atoms with Crippen molar-refractivity contribution in [2.24, 2.45) is 10.2 Å². The summed E-state index contributed by atoms with van der Waals surface area (Å²) in [7, 11) is 1.26. The Morgan fingerprint density at radius 3 is 2.60 bits per heavy atom. The van der Waals surface area contributed by atoms with Crippen molar-refractivity contribution in [1.82, 2.24) is 4.98 Å². The quantitative estimate of drug-likeness (QED) is 0.166. The second kappa shape index (κ2) is 10.0.